The third-order valence-electron chi connectivity index (χ3n) is 5.02. The van der Waals surface area contributed by atoms with Crippen LogP contribution in [0.5, 0.6) is 23.1 Å². The van der Waals surface area contributed by atoms with Gasteiger partial charge >= 0.3 is 0 Å². The van der Waals surface area contributed by atoms with E-state index in [0.717, 1.165) is 22.9 Å². The number of phenols is 1. The highest BCUT2D eigenvalue weighted by Gasteiger charge is 2.13. The van der Waals surface area contributed by atoms with Gasteiger partial charge < -0.3 is 30.0 Å². The highest BCUT2D eigenvalue weighted by molar-refractivity contribution is 7.99. The van der Waals surface area contributed by atoms with Crippen molar-refractivity contribution >= 4 is 23.7 Å². The molecule has 35 heavy (non-hydrogen) atoms. The number of hydrogen-bond acceptors (Lipinski definition) is 8. The van der Waals surface area contributed by atoms with Gasteiger partial charge in [0, 0.05) is 13.0 Å². The van der Waals surface area contributed by atoms with Gasteiger partial charge in [-0.15, -0.1) is 0 Å². The number of nitrogens with zero attached hydrogens (tertiary/aromatic N) is 1. The van der Waals surface area contributed by atoms with E-state index in [1.165, 1.54) is 14.2 Å². The molecule has 1 heterocycles. The maximum atomic E-state index is 12.3. The SMILES string of the molecule is COc1cc(CCNC(=O)CSc2nc(=O)c(CC=Cc3ccccc3)c(O)[nH]2)cc(OC)c1O. The van der Waals surface area contributed by atoms with Crippen LogP contribution in [0.3, 0.4) is 0 Å². The van der Waals surface area contributed by atoms with E-state index in [0.29, 0.717) is 13.0 Å². The molecule has 1 amide bonds. The molecule has 1 aromatic heterocycles. The molecule has 0 fully saturated rings. The Morgan fingerprint density at radius 2 is 1.83 bits per heavy atom. The molecule has 0 bridgehead atoms. The van der Waals surface area contributed by atoms with Crippen LogP contribution >= 0.6 is 11.8 Å². The first-order valence-electron chi connectivity index (χ1n) is 10.8. The lowest BCUT2D eigenvalue weighted by Gasteiger charge is -2.11. The number of hydrogen-bond donors (Lipinski definition) is 4. The van der Waals surface area contributed by atoms with E-state index in [2.05, 4.69) is 15.3 Å². The zero-order valence-corrected chi connectivity index (χ0v) is 20.2. The lowest BCUT2D eigenvalue weighted by atomic mass is 10.1. The molecule has 0 spiro atoms. The van der Waals surface area contributed by atoms with Crippen LogP contribution in [0.15, 0.2) is 58.5 Å². The molecule has 0 aliphatic heterocycles. The molecule has 0 saturated carbocycles. The maximum Gasteiger partial charge on any atom is 0.281 e. The molecular weight excluding hydrogens is 470 g/mol. The highest BCUT2D eigenvalue weighted by Crippen LogP contribution is 2.37. The number of H-pyrrole nitrogens is 1. The Morgan fingerprint density at radius 3 is 2.46 bits per heavy atom. The summed E-state index contributed by atoms with van der Waals surface area (Å²) in [5, 5.41) is 23.1. The first kappa shape index (κ1) is 25.7. The maximum absolute atomic E-state index is 12.3. The average molecular weight is 498 g/mol. The summed E-state index contributed by atoms with van der Waals surface area (Å²) in [5.41, 5.74) is 1.42. The molecular formula is C25H27N3O6S. The molecule has 0 aliphatic carbocycles. The Morgan fingerprint density at radius 1 is 1.14 bits per heavy atom. The first-order chi connectivity index (χ1) is 16.9. The van der Waals surface area contributed by atoms with Gasteiger partial charge in [0.05, 0.1) is 25.5 Å². The Labute approximate surface area is 206 Å². The second kappa shape index (κ2) is 12.5. The summed E-state index contributed by atoms with van der Waals surface area (Å²) >= 11 is 1.02. The van der Waals surface area contributed by atoms with E-state index in [9.17, 15) is 19.8 Å². The largest absolute Gasteiger partial charge is 0.502 e. The monoisotopic (exact) mass is 497 g/mol. The molecule has 0 atom stereocenters. The molecule has 0 saturated heterocycles. The lowest BCUT2D eigenvalue weighted by molar-refractivity contribution is -0.118. The fraction of sp³-hybridized carbons (Fsp3) is 0.240. The molecule has 0 aliphatic rings. The molecule has 0 unspecified atom stereocenters. The van der Waals surface area contributed by atoms with Gasteiger partial charge in [-0.1, -0.05) is 54.2 Å². The topological polar surface area (TPSA) is 134 Å². The van der Waals surface area contributed by atoms with E-state index in [4.69, 9.17) is 9.47 Å². The smallest absolute Gasteiger partial charge is 0.281 e. The number of ether oxygens (including phenoxy) is 2. The molecule has 3 aromatic rings. The number of aromatic nitrogens is 2. The van der Waals surface area contributed by atoms with Crippen molar-refractivity contribution < 1.29 is 24.5 Å². The minimum atomic E-state index is -0.544. The zero-order valence-electron chi connectivity index (χ0n) is 19.4. The third kappa shape index (κ3) is 7.28. The van der Waals surface area contributed by atoms with Gasteiger partial charge in [0.25, 0.3) is 5.56 Å². The van der Waals surface area contributed by atoms with Crippen LogP contribution in [-0.2, 0) is 17.6 Å². The number of benzene rings is 2. The van der Waals surface area contributed by atoms with E-state index in [1.807, 2.05) is 36.4 Å². The normalized spacial score (nSPS) is 10.9. The number of nitrogens with one attached hydrogen (secondary N) is 2. The van der Waals surface area contributed by atoms with Gasteiger partial charge in [-0.05, 0) is 29.7 Å². The van der Waals surface area contributed by atoms with Gasteiger partial charge in [-0.3, -0.25) is 9.59 Å². The van der Waals surface area contributed by atoms with Crippen LogP contribution in [0.2, 0.25) is 0 Å². The molecule has 2 aromatic carbocycles. The minimum Gasteiger partial charge on any atom is -0.502 e. The standard InChI is InChI=1S/C25H27N3O6S/c1-33-19-13-17(14-20(34-2)22(19)30)11-12-26-21(29)15-35-25-27-23(31)18(24(32)28-25)10-6-9-16-7-4-3-5-8-16/h3-9,13-14,30H,10-12,15H2,1-2H3,(H,26,29)(H2,27,28,31,32). The molecule has 184 valence electrons. The minimum absolute atomic E-state index is 0.0118. The van der Waals surface area contributed by atoms with Crippen LogP contribution in [0.1, 0.15) is 16.7 Å². The summed E-state index contributed by atoms with van der Waals surface area (Å²) in [6, 6.07) is 13.0. The molecule has 4 N–H and O–H groups in total. The lowest BCUT2D eigenvalue weighted by Crippen LogP contribution is -2.27. The molecule has 10 heteroatoms. The third-order valence-corrected chi connectivity index (χ3v) is 5.89. The Hall–Kier alpha value is -3.92. The van der Waals surface area contributed by atoms with Gasteiger partial charge in [0.15, 0.2) is 22.5 Å². The number of thioether (sulfide) groups is 1. The number of aromatic amines is 1. The summed E-state index contributed by atoms with van der Waals surface area (Å²) in [6.45, 7) is 0.346. The number of carbonyl (C=O) groups is 1. The van der Waals surface area contributed by atoms with Crippen LogP contribution in [-0.4, -0.2) is 52.6 Å². The number of rotatable bonds is 11. The predicted molar refractivity (Wildman–Crippen MR) is 134 cm³/mol. The van der Waals surface area contributed by atoms with Crippen LogP contribution in [0.25, 0.3) is 6.08 Å². The van der Waals surface area contributed by atoms with Crippen LogP contribution in [0, 0.1) is 0 Å². The molecule has 9 nitrogen and oxygen atoms in total. The Balaban J connectivity index is 1.50. The molecule has 3 rings (SSSR count). The van der Waals surface area contributed by atoms with Gasteiger partial charge in [0.2, 0.25) is 11.7 Å². The predicted octanol–water partition coefficient (Wildman–Crippen LogP) is 2.91. The number of phenolic OH excluding ortho intramolecular Hbond substituents is 1. The van der Waals surface area contributed by atoms with Crippen molar-refractivity contribution in [3.63, 3.8) is 0 Å². The zero-order chi connectivity index (χ0) is 25.2. The summed E-state index contributed by atoms with van der Waals surface area (Å²) in [6.07, 6.45) is 4.35. The van der Waals surface area contributed by atoms with E-state index >= 15 is 0 Å². The van der Waals surface area contributed by atoms with Gasteiger partial charge in [-0.2, -0.15) is 4.98 Å². The fourth-order valence-corrected chi connectivity index (χ4v) is 3.90. The number of amides is 1. The van der Waals surface area contributed by atoms with Crippen molar-refractivity contribution in [1.29, 1.82) is 0 Å². The number of methoxy groups -OCH3 is 2. The fourth-order valence-electron chi connectivity index (χ4n) is 3.22. The van der Waals surface area contributed by atoms with Crippen molar-refractivity contribution in [3.05, 3.63) is 75.6 Å². The van der Waals surface area contributed by atoms with Gasteiger partial charge in [-0.25, -0.2) is 0 Å². The highest BCUT2D eigenvalue weighted by atomic mass is 32.2. The molecule has 0 radical (unpaired) electrons. The van der Waals surface area contributed by atoms with Crippen LogP contribution in [0.4, 0.5) is 0 Å². The summed E-state index contributed by atoms with van der Waals surface area (Å²) in [4.78, 5) is 31.1. The quantitative estimate of drug-likeness (QED) is 0.235. The van der Waals surface area contributed by atoms with Gasteiger partial charge in [0.1, 0.15) is 0 Å². The summed E-state index contributed by atoms with van der Waals surface area (Å²) < 4.78 is 10.3. The van der Waals surface area contributed by atoms with E-state index in [-0.39, 0.29) is 51.9 Å². The number of aromatic hydroxyl groups is 2. The number of carbonyl (C=O) groups excluding carboxylic acids is 1. The Kier molecular flexibility index (Phi) is 9.19. The van der Waals surface area contributed by atoms with Crippen molar-refractivity contribution in [2.45, 2.75) is 18.0 Å². The van der Waals surface area contributed by atoms with Crippen LogP contribution < -0.4 is 20.3 Å². The summed E-state index contributed by atoms with van der Waals surface area (Å²) in [7, 11) is 2.89. The van der Waals surface area contributed by atoms with Crippen molar-refractivity contribution in [2.75, 3.05) is 26.5 Å². The van der Waals surface area contributed by atoms with Crippen molar-refractivity contribution in [1.82, 2.24) is 15.3 Å². The van der Waals surface area contributed by atoms with E-state index in [1.54, 1.807) is 18.2 Å². The second-order valence-corrected chi connectivity index (χ2v) is 8.39. The van der Waals surface area contributed by atoms with E-state index < -0.39 is 5.56 Å². The number of allylic oxidation sites excluding steroid dienone is 1. The first-order valence-corrected chi connectivity index (χ1v) is 11.8. The second-order valence-electron chi connectivity index (χ2n) is 7.43. The Bertz CT molecular complexity index is 1220. The van der Waals surface area contributed by atoms with Crippen molar-refractivity contribution in [2.24, 2.45) is 0 Å². The summed E-state index contributed by atoms with van der Waals surface area (Å²) in [5.74, 6) is -0.0180. The average Bonchev–Trinajstić information content (AvgIpc) is 2.85. The van der Waals surface area contributed by atoms with Crippen molar-refractivity contribution in [3.8, 4) is 23.1 Å².